The number of imidazole rings is 1. The third kappa shape index (κ3) is 2.64. The highest BCUT2D eigenvalue weighted by Gasteiger charge is 2.33. The summed E-state index contributed by atoms with van der Waals surface area (Å²) in [7, 11) is 0. The van der Waals surface area contributed by atoms with Crippen LogP contribution >= 0.6 is 0 Å². The summed E-state index contributed by atoms with van der Waals surface area (Å²) < 4.78 is 1.30. The molecule has 1 aromatic rings. The molecule has 3 heteroatoms. The SMILES string of the molecule is CC(C)c1nc(C(C)(C)C)c(C(C)(C)C)n1O. The van der Waals surface area contributed by atoms with Crippen molar-refractivity contribution in [2.45, 2.75) is 72.1 Å². The van der Waals surface area contributed by atoms with Gasteiger partial charge in [-0.05, 0) is 0 Å². The average molecular weight is 238 g/mol. The first kappa shape index (κ1) is 14.1. The molecule has 0 saturated carbocycles. The maximum atomic E-state index is 10.3. The fourth-order valence-electron chi connectivity index (χ4n) is 2.00. The lowest BCUT2D eigenvalue weighted by Crippen LogP contribution is -2.24. The smallest absolute Gasteiger partial charge is 0.147 e. The molecule has 0 bridgehead atoms. The minimum atomic E-state index is -0.114. The summed E-state index contributed by atoms with van der Waals surface area (Å²) in [5.41, 5.74) is 1.75. The molecular weight excluding hydrogens is 212 g/mol. The Labute approximate surface area is 105 Å². The fourth-order valence-corrected chi connectivity index (χ4v) is 2.00. The third-order valence-electron chi connectivity index (χ3n) is 2.82. The van der Waals surface area contributed by atoms with Crippen LogP contribution in [0, 0.1) is 0 Å². The van der Waals surface area contributed by atoms with Gasteiger partial charge in [-0.15, -0.1) is 0 Å². The highest BCUT2D eigenvalue weighted by atomic mass is 16.5. The molecule has 0 aliphatic heterocycles. The number of aromatic nitrogens is 2. The van der Waals surface area contributed by atoms with Gasteiger partial charge in [-0.1, -0.05) is 55.4 Å². The summed E-state index contributed by atoms with van der Waals surface area (Å²) in [6, 6.07) is 0. The Morgan fingerprint density at radius 3 is 1.71 bits per heavy atom. The molecule has 1 aromatic heterocycles. The van der Waals surface area contributed by atoms with Crippen molar-refractivity contribution in [1.29, 1.82) is 0 Å². The maximum Gasteiger partial charge on any atom is 0.147 e. The molecule has 0 unspecified atom stereocenters. The topological polar surface area (TPSA) is 38.0 Å². The Morgan fingerprint density at radius 1 is 1.00 bits per heavy atom. The van der Waals surface area contributed by atoms with Gasteiger partial charge >= 0.3 is 0 Å². The van der Waals surface area contributed by atoms with Crippen LogP contribution in [0.2, 0.25) is 0 Å². The first-order valence-corrected chi connectivity index (χ1v) is 6.29. The first-order valence-electron chi connectivity index (χ1n) is 6.29. The highest BCUT2D eigenvalue weighted by molar-refractivity contribution is 5.29. The van der Waals surface area contributed by atoms with Crippen LogP contribution in [0.5, 0.6) is 0 Å². The summed E-state index contributed by atoms with van der Waals surface area (Å²) in [6.07, 6.45) is 0. The maximum absolute atomic E-state index is 10.3. The lowest BCUT2D eigenvalue weighted by molar-refractivity contribution is 0.153. The minimum Gasteiger partial charge on any atom is -0.427 e. The van der Waals surface area contributed by atoms with E-state index in [2.05, 4.69) is 46.5 Å². The van der Waals surface area contributed by atoms with Crippen LogP contribution in [0.4, 0.5) is 0 Å². The van der Waals surface area contributed by atoms with Gasteiger partial charge in [0.15, 0.2) is 0 Å². The molecular formula is C14H26N2O. The van der Waals surface area contributed by atoms with Crippen molar-refractivity contribution in [3.63, 3.8) is 0 Å². The predicted octanol–water partition coefficient (Wildman–Crippen LogP) is 3.84. The van der Waals surface area contributed by atoms with Crippen LogP contribution in [0.15, 0.2) is 0 Å². The number of rotatable bonds is 1. The number of hydrogen-bond donors (Lipinski definition) is 1. The predicted molar refractivity (Wildman–Crippen MR) is 70.9 cm³/mol. The molecule has 0 amide bonds. The summed E-state index contributed by atoms with van der Waals surface area (Å²) in [4.78, 5) is 4.66. The molecule has 0 fully saturated rings. The average Bonchev–Trinajstić information content (AvgIpc) is 2.40. The Bertz CT molecular complexity index is 403. The third-order valence-corrected chi connectivity index (χ3v) is 2.82. The molecule has 0 radical (unpaired) electrons. The van der Waals surface area contributed by atoms with Crippen LogP contribution in [0.3, 0.4) is 0 Å². The van der Waals surface area contributed by atoms with Crippen molar-refractivity contribution >= 4 is 0 Å². The largest absolute Gasteiger partial charge is 0.427 e. The highest BCUT2D eigenvalue weighted by Crippen LogP contribution is 2.34. The van der Waals surface area contributed by atoms with E-state index in [0.717, 1.165) is 17.2 Å². The van der Waals surface area contributed by atoms with Crippen molar-refractivity contribution in [2.24, 2.45) is 0 Å². The van der Waals surface area contributed by atoms with Crippen LogP contribution in [0.25, 0.3) is 0 Å². The second kappa shape index (κ2) is 4.04. The van der Waals surface area contributed by atoms with E-state index in [0.29, 0.717) is 0 Å². The second-order valence-corrected chi connectivity index (χ2v) is 7.13. The van der Waals surface area contributed by atoms with Crippen LogP contribution in [0.1, 0.15) is 78.5 Å². The quantitative estimate of drug-likeness (QED) is 0.755. The molecule has 1 heterocycles. The summed E-state index contributed by atoms with van der Waals surface area (Å²) in [5, 5.41) is 10.3. The van der Waals surface area contributed by atoms with E-state index in [1.54, 1.807) is 0 Å². The van der Waals surface area contributed by atoms with Crippen molar-refractivity contribution in [3.05, 3.63) is 17.2 Å². The molecule has 17 heavy (non-hydrogen) atoms. The molecule has 0 aliphatic rings. The molecule has 1 N–H and O–H groups in total. The van der Waals surface area contributed by atoms with Gasteiger partial charge in [0.2, 0.25) is 0 Å². The zero-order chi connectivity index (χ0) is 13.6. The Morgan fingerprint density at radius 2 is 1.47 bits per heavy atom. The molecule has 1 rings (SSSR count). The van der Waals surface area contributed by atoms with Crippen molar-refractivity contribution in [2.75, 3.05) is 0 Å². The van der Waals surface area contributed by atoms with E-state index in [-0.39, 0.29) is 16.7 Å². The summed E-state index contributed by atoms with van der Waals surface area (Å²) in [6.45, 7) is 16.8. The van der Waals surface area contributed by atoms with Crippen LogP contribution in [-0.2, 0) is 10.8 Å². The molecule has 0 aromatic carbocycles. The van der Waals surface area contributed by atoms with Gasteiger partial charge in [0.25, 0.3) is 0 Å². The number of hydrogen-bond acceptors (Lipinski definition) is 2. The van der Waals surface area contributed by atoms with Gasteiger partial charge in [0.1, 0.15) is 5.82 Å². The van der Waals surface area contributed by atoms with Crippen LogP contribution in [-0.4, -0.2) is 14.9 Å². The zero-order valence-electron chi connectivity index (χ0n) is 12.4. The normalized spacial score (nSPS) is 13.5. The van der Waals surface area contributed by atoms with E-state index in [1.165, 1.54) is 4.73 Å². The molecule has 0 atom stereocenters. The minimum absolute atomic E-state index is 0.0553. The van der Waals surface area contributed by atoms with Crippen molar-refractivity contribution in [1.82, 2.24) is 9.71 Å². The van der Waals surface area contributed by atoms with E-state index in [9.17, 15) is 5.21 Å². The lowest BCUT2D eigenvalue weighted by atomic mass is 9.82. The van der Waals surface area contributed by atoms with Gasteiger partial charge in [0.05, 0.1) is 11.4 Å². The second-order valence-electron chi connectivity index (χ2n) is 7.13. The van der Waals surface area contributed by atoms with E-state index < -0.39 is 0 Å². The number of nitrogens with zero attached hydrogens (tertiary/aromatic N) is 2. The molecule has 98 valence electrons. The van der Waals surface area contributed by atoms with Gasteiger partial charge in [-0.25, -0.2) is 4.98 Å². The molecule has 0 aliphatic carbocycles. The van der Waals surface area contributed by atoms with Gasteiger partial charge in [-0.3, -0.25) is 0 Å². The van der Waals surface area contributed by atoms with Crippen LogP contribution < -0.4 is 0 Å². The lowest BCUT2D eigenvalue weighted by Gasteiger charge is -2.25. The first-order chi connectivity index (χ1) is 7.46. The Hall–Kier alpha value is -0.990. The molecule has 0 spiro atoms. The van der Waals surface area contributed by atoms with E-state index in [1.807, 2.05) is 13.8 Å². The van der Waals surface area contributed by atoms with Gasteiger partial charge < -0.3 is 5.21 Å². The Balaban J connectivity index is 3.55. The zero-order valence-corrected chi connectivity index (χ0v) is 12.4. The molecule has 0 saturated heterocycles. The standard InChI is InChI=1S/C14H26N2O/c1-9(2)12-15-10(13(3,4)5)11(16(12)17)14(6,7)8/h9,17H,1-8H3. The summed E-state index contributed by atoms with van der Waals surface area (Å²) in [5.74, 6) is 0.969. The fraction of sp³-hybridized carbons (Fsp3) is 0.786. The van der Waals surface area contributed by atoms with Crippen molar-refractivity contribution in [3.8, 4) is 0 Å². The Kier molecular flexibility index (Phi) is 3.34. The molecule has 3 nitrogen and oxygen atoms in total. The monoisotopic (exact) mass is 238 g/mol. The van der Waals surface area contributed by atoms with Crippen molar-refractivity contribution < 1.29 is 5.21 Å². The summed E-state index contributed by atoms with van der Waals surface area (Å²) >= 11 is 0. The van der Waals surface area contributed by atoms with Gasteiger partial charge in [0, 0.05) is 16.7 Å². The van der Waals surface area contributed by atoms with Gasteiger partial charge in [-0.2, -0.15) is 4.73 Å². The van der Waals surface area contributed by atoms with E-state index in [4.69, 9.17) is 0 Å². The van der Waals surface area contributed by atoms with E-state index >= 15 is 0 Å².